The molecular formula is C18H24N2O5S. The zero-order valence-electron chi connectivity index (χ0n) is 14.9. The first-order valence-electron chi connectivity index (χ1n) is 8.98. The first kappa shape index (κ1) is 18.8. The molecular weight excluding hydrogens is 356 g/mol. The zero-order valence-corrected chi connectivity index (χ0v) is 15.7. The highest BCUT2D eigenvalue weighted by Gasteiger charge is 2.40. The lowest BCUT2D eigenvalue weighted by Gasteiger charge is -2.28. The number of benzene rings is 1. The maximum absolute atomic E-state index is 12.9. The molecule has 1 aromatic carbocycles. The summed E-state index contributed by atoms with van der Waals surface area (Å²) in [7, 11) is -3.75. The number of Topliss-reactive ketones (excluding diaryl/α,β-unsaturated/α-hetero) is 1. The van der Waals surface area contributed by atoms with Crippen LogP contribution in [0, 0.1) is 0 Å². The predicted octanol–water partition coefficient (Wildman–Crippen LogP) is 1.57. The van der Waals surface area contributed by atoms with Crippen LogP contribution in [0.1, 0.15) is 32.6 Å². The van der Waals surface area contributed by atoms with Crippen molar-refractivity contribution in [2.75, 3.05) is 31.1 Å². The molecule has 2 aliphatic heterocycles. The number of anilines is 1. The lowest BCUT2D eigenvalue weighted by molar-refractivity contribution is -0.146. The third-order valence-electron chi connectivity index (χ3n) is 4.89. The van der Waals surface area contributed by atoms with Crippen molar-refractivity contribution in [3.05, 3.63) is 24.3 Å². The summed E-state index contributed by atoms with van der Waals surface area (Å²) in [6, 6.07) is 5.92. The van der Waals surface area contributed by atoms with Crippen LogP contribution in [-0.2, 0) is 24.3 Å². The van der Waals surface area contributed by atoms with E-state index in [9.17, 15) is 18.0 Å². The minimum Gasteiger partial charge on any atom is -0.465 e. The fourth-order valence-corrected chi connectivity index (χ4v) is 5.13. The Balaban J connectivity index is 1.77. The number of ether oxygens (including phenoxy) is 1. The van der Waals surface area contributed by atoms with Gasteiger partial charge >= 0.3 is 5.97 Å². The van der Waals surface area contributed by atoms with Gasteiger partial charge in [0.05, 0.1) is 11.5 Å². The average molecular weight is 380 g/mol. The van der Waals surface area contributed by atoms with E-state index in [1.54, 1.807) is 31.2 Å². The fraction of sp³-hybridized carbons (Fsp3) is 0.556. The average Bonchev–Trinajstić information content (AvgIpc) is 3.13. The number of carbonyl (C=O) groups excluding carboxylic acids is 2. The summed E-state index contributed by atoms with van der Waals surface area (Å²) >= 11 is 0. The summed E-state index contributed by atoms with van der Waals surface area (Å²) in [5, 5.41) is 0. The first-order chi connectivity index (χ1) is 12.4. The van der Waals surface area contributed by atoms with Gasteiger partial charge < -0.3 is 9.64 Å². The fourth-order valence-electron chi connectivity index (χ4n) is 3.48. The Hall–Kier alpha value is -1.93. The Kier molecular flexibility index (Phi) is 5.62. The summed E-state index contributed by atoms with van der Waals surface area (Å²) in [6.45, 7) is 3.57. The lowest BCUT2D eigenvalue weighted by Crippen LogP contribution is -2.41. The second kappa shape index (κ2) is 7.75. The van der Waals surface area contributed by atoms with Gasteiger partial charge in [-0.2, -0.15) is 4.31 Å². The molecule has 142 valence electrons. The van der Waals surface area contributed by atoms with Crippen LogP contribution in [-0.4, -0.2) is 56.8 Å². The van der Waals surface area contributed by atoms with Crippen LogP contribution < -0.4 is 4.90 Å². The Bertz CT molecular complexity index is 765. The van der Waals surface area contributed by atoms with E-state index >= 15 is 0 Å². The summed E-state index contributed by atoms with van der Waals surface area (Å²) in [5.74, 6) is -0.220. The van der Waals surface area contributed by atoms with Crippen molar-refractivity contribution in [3.63, 3.8) is 0 Å². The molecule has 3 rings (SSSR count). The van der Waals surface area contributed by atoms with Crippen LogP contribution in [0.15, 0.2) is 29.2 Å². The van der Waals surface area contributed by atoms with E-state index in [1.807, 2.05) is 0 Å². The standard InChI is InChI=1S/C18H24N2O5S/c1-2-25-18(22)17-4-3-11-20(17)26(23,24)16-7-5-14(6-8-16)19-12-9-15(21)10-13-19/h5-8,17H,2-4,9-13H2,1H3. The van der Waals surface area contributed by atoms with Gasteiger partial charge in [0.15, 0.2) is 0 Å². The summed E-state index contributed by atoms with van der Waals surface area (Å²) < 4.78 is 32.2. The Morgan fingerprint density at radius 3 is 2.42 bits per heavy atom. The van der Waals surface area contributed by atoms with Gasteiger partial charge in [0.25, 0.3) is 0 Å². The molecule has 1 unspecified atom stereocenters. The van der Waals surface area contributed by atoms with Crippen LogP contribution in [0.25, 0.3) is 0 Å². The largest absolute Gasteiger partial charge is 0.465 e. The van der Waals surface area contributed by atoms with Gasteiger partial charge in [-0.1, -0.05) is 0 Å². The van der Waals surface area contributed by atoms with E-state index < -0.39 is 22.0 Å². The van der Waals surface area contributed by atoms with Crippen molar-refractivity contribution in [1.82, 2.24) is 4.31 Å². The van der Waals surface area contributed by atoms with Gasteiger partial charge in [0.1, 0.15) is 11.8 Å². The molecule has 0 bridgehead atoms. The van der Waals surface area contributed by atoms with Crippen LogP contribution in [0.4, 0.5) is 5.69 Å². The molecule has 0 aromatic heterocycles. The van der Waals surface area contributed by atoms with Crippen molar-refractivity contribution < 1.29 is 22.7 Å². The van der Waals surface area contributed by atoms with Crippen LogP contribution in [0.5, 0.6) is 0 Å². The topological polar surface area (TPSA) is 84.0 Å². The van der Waals surface area contributed by atoms with Gasteiger partial charge in [0, 0.05) is 38.2 Å². The number of sulfonamides is 1. The van der Waals surface area contributed by atoms with Crippen molar-refractivity contribution in [3.8, 4) is 0 Å². The van der Waals surface area contributed by atoms with E-state index in [0.29, 0.717) is 45.3 Å². The Labute approximate surface area is 154 Å². The van der Waals surface area contributed by atoms with E-state index in [2.05, 4.69) is 4.90 Å². The second-order valence-corrected chi connectivity index (χ2v) is 8.44. The van der Waals surface area contributed by atoms with Crippen molar-refractivity contribution in [2.24, 2.45) is 0 Å². The van der Waals surface area contributed by atoms with Crippen LogP contribution in [0.2, 0.25) is 0 Å². The summed E-state index contributed by atoms with van der Waals surface area (Å²) in [5.41, 5.74) is 0.903. The molecule has 0 radical (unpaired) electrons. The number of rotatable bonds is 5. The minimum absolute atomic E-state index is 0.172. The molecule has 26 heavy (non-hydrogen) atoms. The number of hydrogen-bond donors (Lipinski definition) is 0. The van der Waals surface area contributed by atoms with Crippen molar-refractivity contribution in [2.45, 2.75) is 43.5 Å². The number of nitrogens with zero attached hydrogens (tertiary/aromatic N) is 2. The van der Waals surface area contributed by atoms with Gasteiger partial charge in [0.2, 0.25) is 10.0 Å². The van der Waals surface area contributed by atoms with Gasteiger partial charge in [-0.05, 0) is 44.0 Å². The van der Waals surface area contributed by atoms with Gasteiger partial charge in [-0.3, -0.25) is 9.59 Å². The number of carbonyl (C=O) groups is 2. The zero-order chi connectivity index (χ0) is 18.7. The predicted molar refractivity (Wildman–Crippen MR) is 96.4 cm³/mol. The van der Waals surface area contributed by atoms with E-state index in [1.165, 1.54) is 4.31 Å². The number of esters is 1. The van der Waals surface area contributed by atoms with Crippen LogP contribution >= 0.6 is 0 Å². The Morgan fingerprint density at radius 1 is 1.15 bits per heavy atom. The number of hydrogen-bond acceptors (Lipinski definition) is 6. The minimum atomic E-state index is -3.75. The highest BCUT2D eigenvalue weighted by molar-refractivity contribution is 7.89. The van der Waals surface area contributed by atoms with Gasteiger partial charge in [-0.25, -0.2) is 8.42 Å². The molecule has 2 heterocycles. The smallest absolute Gasteiger partial charge is 0.324 e. The highest BCUT2D eigenvalue weighted by atomic mass is 32.2. The number of piperidine rings is 1. The van der Waals surface area contributed by atoms with E-state index in [0.717, 1.165) is 5.69 Å². The summed E-state index contributed by atoms with van der Waals surface area (Å²) in [4.78, 5) is 25.7. The lowest BCUT2D eigenvalue weighted by atomic mass is 10.1. The molecule has 0 spiro atoms. The SMILES string of the molecule is CCOC(=O)C1CCCN1S(=O)(=O)c1ccc(N2CCC(=O)CC2)cc1. The Morgan fingerprint density at radius 2 is 1.81 bits per heavy atom. The monoisotopic (exact) mass is 380 g/mol. The number of ketones is 1. The van der Waals surface area contributed by atoms with Gasteiger partial charge in [-0.15, -0.1) is 0 Å². The van der Waals surface area contributed by atoms with Crippen molar-refractivity contribution in [1.29, 1.82) is 0 Å². The molecule has 0 saturated carbocycles. The second-order valence-electron chi connectivity index (χ2n) is 6.55. The molecule has 2 aliphatic rings. The maximum Gasteiger partial charge on any atom is 0.324 e. The maximum atomic E-state index is 12.9. The van der Waals surface area contributed by atoms with E-state index in [4.69, 9.17) is 4.74 Å². The highest BCUT2D eigenvalue weighted by Crippen LogP contribution is 2.28. The molecule has 0 amide bonds. The van der Waals surface area contributed by atoms with Crippen LogP contribution in [0.3, 0.4) is 0 Å². The first-order valence-corrected chi connectivity index (χ1v) is 10.4. The molecule has 2 saturated heterocycles. The van der Waals surface area contributed by atoms with Crippen molar-refractivity contribution >= 4 is 27.5 Å². The third kappa shape index (κ3) is 3.76. The quantitative estimate of drug-likeness (QED) is 0.721. The van der Waals surface area contributed by atoms with E-state index in [-0.39, 0.29) is 17.3 Å². The normalized spacial score (nSPS) is 21.8. The molecule has 1 aromatic rings. The molecule has 8 heteroatoms. The molecule has 2 fully saturated rings. The third-order valence-corrected chi connectivity index (χ3v) is 6.81. The molecule has 0 N–H and O–H groups in total. The molecule has 1 atom stereocenters. The molecule has 7 nitrogen and oxygen atoms in total. The summed E-state index contributed by atoms with van der Waals surface area (Å²) in [6.07, 6.45) is 2.17. The molecule has 0 aliphatic carbocycles.